The second-order valence-electron chi connectivity index (χ2n) is 2.13. The van der Waals surface area contributed by atoms with Gasteiger partial charge < -0.3 is 5.11 Å². The zero-order valence-corrected chi connectivity index (χ0v) is 5.44. The van der Waals surface area contributed by atoms with Crippen LogP contribution in [-0.4, -0.2) is 10.7 Å². The number of hydrogen-bond donors (Lipinski definition) is 1. The molecule has 1 unspecified atom stereocenters. The molecule has 0 aliphatic heterocycles. The lowest BCUT2D eigenvalue weighted by atomic mass is 10.00. The number of aliphatic hydroxyl groups is 1. The molecular formula is C7H12O. The zero-order valence-electron chi connectivity index (χ0n) is 5.44. The van der Waals surface area contributed by atoms with E-state index in [1.54, 1.807) is 13.8 Å². The Morgan fingerprint density at radius 1 is 1.75 bits per heavy atom. The van der Waals surface area contributed by atoms with Gasteiger partial charge in [0.05, 0.1) is 0 Å². The van der Waals surface area contributed by atoms with Crippen molar-refractivity contribution in [3.63, 3.8) is 0 Å². The average Bonchev–Trinajstić information content (AvgIpc) is 1.67. The van der Waals surface area contributed by atoms with Gasteiger partial charge in [0, 0.05) is 0 Å². The third kappa shape index (κ3) is 1.51. The maximum atomic E-state index is 9.18. The summed E-state index contributed by atoms with van der Waals surface area (Å²) in [6.45, 7) is 10.4. The summed E-state index contributed by atoms with van der Waals surface area (Å²) in [5.74, 6) is 0. The molecule has 0 saturated carbocycles. The Hall–Kier alpha value is -0.560. The van der Waals surface area contributed by atoms with Gasteiger partial charge in [-0.3, -0.25) is 0 Å². The molecule has 1 heteroatoms. The fraction of sp³-hybridized carbons (Fsp3) is 0.429. The highest BCUT2D eigenvalue weighted by atomic mass is 16.3. The number of rotatable bonds is 2. The zero-order chi connectivity index (χ0) is 6.78. The Labute approximate surface area is 50.3 Å². The molecule has 0 saturated heterocycles. The summed E-state index contributed by atoms with van der Waals surface area (Å²) >= 11 is 0. The minimum Gasteiger partial charge on any atom is -0.382 e. The largest absolute Gasteiger partial charge is 0.382 e. The standard InChI is InChI=1S/C7H12O/c1-5-7(4,8)6(2)3/h5,8H,1-2H2,3-4H3. The first-order valence-corrected chi connectivity index (χ1v) is 2.52. The second-order valence-corrected chi connectivity index (χ2v) is 2.13. The molecule has 0 rings (SSSR count). The number of hydrogen-bond acceptors (Lipinski definition) is 1. The minimum atomic E-state index is -0.889. The van der Waals surface area contributed by atoms with Crippen LogP contribution in [0.5, 0.6) is 0 Å². The third-order valence-electron chi connectivity index (χ3n) is 1.26. The van der Waals surface area contributed by atoms with E-state index in [9.17, 15) is 5.11 Å². The van der Waals surface area contributed by atoms with E-state index >= 15 is 0 Å². The van der Waals surface area contributed by atoms with Crippen molar-refractivity contribution in [1.29, 1.82) is 0 Å². The summed E-state index contributed by atoms with van der Waals surface area (Å²) < 4.78 is 0. The van der Waals surface area contributed by atoms with E-state index in [0.717, 1.165) is 0 Å². The van der Waals surface area contributed by atoms with E-state index in [1.165, 1.54) is 6.08 Å². The van der Waals surface area contributed by atoms with Crippen molar-refractivity contribution in [3.05, 3.63) is 24.8 Å². The quantitative estimate of drug-likeness (QED) is 0.537. The van der Waals surface area contributed by atoms with Gasteiger partial charge in [-0.1, -0.05) is 19.2 Å². The van der Waals surface area contributed by atoms with Crippen LogP contribution in [0.1, 0.15) is 13.8 Å². The lowest BCUT2D eigenvalue weighted by Crippen LogP contribution is -2.20. The van der Waals surface area contributed by atoms with E-state index in [1.807, 2.05) is 0 Å². The van der Waals surface area contributed by atoms with Crippen LogP contribution in [0.25, 0.3) is 0 Å². The van der Waals surface area contributed by atoms with E-state index in [-0.39, 0.29) is 0 Å². The van der Waals surface area contributed by atoms with Gasteiger partial charge >= 0.3 is 0 Å². The van der Waals surface area contributed by atoms with Gasteiger partial charge in [-0.15, -0.1) is 0 Å². The van der Waals surface area contributed by atoms with Gasteiger partial charge in [0.2, 0.25) is 0 Å². The van der Waals surface area contributed by atoms with Crippen molar-refractivity contribution in [2.75, 3.05) is 0 Å². The maximum Gasteiger partial charge on any atom is 0.100 e. The molecule has 8 heavy (non-hydrogen) atoms. The van der Waals surface area contributed by atoms with Gasteiger partial charge in [0.1, 0.15) is 5.60 Å². The Bertz CT molecular complexity index is 112. The van der Waals surface area contributed by atoms with Crippen LogP contribution in [0.4, 0.5) is 0 Å². The van der Waals surface area contributed by atoms with E-state index in [2.05, 4.69) is 13.2 Å². The summed E-state index contributed by atoms with van der Waals surface area (Å²) in [5, 5.41) is 9.18. The van der Waals surface area contributed by atoms with Gasteiger partial charge in [-0.2, -0.15) is 0 Å². The summed E-state index contributed by atoms with van der Waals surface area (Å²) in [6.07, 6.45) is 1.47. The predicted octanol–water partition coefficient (Wildman–Crippen LogP) is 1.50. The highest BCUT2D eigenvalue weighted by molar-refractivity contribution is 5.15. The molecule has 46 valence electrons. The molecule has 0 amide bonds. The Morgan fingerprint density at radius 3 is 2.12 bits per heavy atom. The first-order valence-electron chi connectivity index (χ1n) is 2.52. The maximum absolute atomic E-state index is 9.18. The first-order chi connectivity index (χ1) is 3.50. The minimum absolute atomic E-state index is 0.715. The molecule has 1 nitrogen and oxygen atoms in total. The van der Waals surface area contributed by atoms with E-state index in [0.29, 0.717) is 5.57 Å². The highest BCUT2D eigenvalue weighted by Gasteiger charge is 2.14. The van der Waals surface area contributed by atoms with Crippen molar-refractivity contribution in [3.8, 4) is 0 Å². The molecule has 0 aromatic rings. The molecule has 1 N–H and O–H groups in total. The van der Waals surface area contributed by atoms with Crippen LogP contribution in [0, 0.1) is 0 Å². The summed E-state index contributed by atoms with van der Waals surface area (Å²) in [7, 11) is 0. The molecule has 0 aromatic heterocycles. The van der Waals surface area contributed by atoms with Crippen molar-refractivity contribution < 1.29 is 5.11 Å². The third-order valence-corrected chi connectivity index (χ3v) is 1.26. The molecular weight excluding hydrogens is 100 g/mol. The van der Waals surface area contributed by atoms with Gasteiger partial charge in [0.15, 0.2) is 0 Å². The molecule has 1 atom stereocenters. The van der Waals surface area contributed by atoms with Gasteiger partial charge in [-0.25, -0.2) is 0 Å². The van der Waals surface area contributed by atoms with Crippen LogP contribution in [0.3, 0.4) is 0 Å². The van der Waals surface area contributed by atoms with Crippen molar-refractivity contribution in [2.24, 2.45) is 0 Å². The van der Waals surface area contributed by atoms with Gasteiger partial charge in [0.25, 0.3) is 0 Å². The topological polar surface area (TPSA) is 20.2 Å². The van der Waals surface area contributed by atoms with Crippen LogP contribution < -0.4 is 0 Å². The van der Waals surface area contributed by atoms with Crippen LogP contribution >= 0.6 is 0 Å². The van der Waals surface area contributed by atoms with Crippen LogP contribution in [-0.2, 0) is 0 Å². The Kier molecular flexibility index (Phi) is 1.99. The SMILES string of the molecule is C=CC(C)(O)C(=C)C. The fourth-order valence-electron chi connectivity index (χ4n) is 0.174. The highest BCUT2D eigenvalue weighted by Crippen LogP contribution is 2.13. The molecule has 0 aromatic carbocycles. The van der Waals surface area contributed by atoms with Gasteiger partial charge in [-0.05, 0) is 19.4 Å². The fourth-order valence-corrected chi connectivity index (χ4v) is 0.174. The lowest BCUT2D eigenvalue weighted by molar-refractivity contribution is 0.152. The monoisotopic (exact) mass is 112 g/mol. The molecule has 0 aliphatic rings. The van der Waals surface area contributed by atoms with Crippen molar-refractivity contribution >= 4 is 0 Å². The average molecular weight is 112 g/mol. The summed E-state index contributed by atoms with van der Waals surface area (Å²) in [6, 6.07) is 0. The molecule has 0 radical (unpaired) electrons. The molecule has 0 heterocycles. The molecule has 0 aliphatic carbocycles. The summed E-state index contributed by atoms with van der Waals surface area (Å²) in [5.41, 5.74) is -0.174. The smallest absolute Gasteiger partial charge is 0.100 e. The normalized spacial score (nSPS) is 16.9. The molecule has 0 fully saturated rings. The van der Waals surface area contributed by atoms with E-state index < -0.39 is 5.60 Å². The van der Waals surface area contributed by atoms with Crippen LogP contribution in [0.2, 0.25) is 0 Å². The Balaban J connectivity index is 4.12. The molecule has 0 spiro atoms. The molecule has 0 bridgehead atoms. The summed E-state index contributed by atoms with van der Waals surface area (Å²) in [4.78, 5) is 0. The van der Waals surface area contributed by atoms with Crippen molar-refractivity contribution in [2.45, 2.75) is 19.4 Å². The van der Waals surface area contributed by atoms with Crippen molar-refractivity contribution in [1.82, 2.24) is 0 Å². The predicted molar refractivity (Wildman–Crippen MR) is 35.6 cm³/mol. The second kappa shape index (κ2) is 2.14. The first kappa shape index (κ1) is 7.44. The Morgan fingerprint density at radius 2 is 2.12 bits per heavy atom. The van der Waals surface area contributed by atoms with E-state index in [4.69, 9.17) is 0 Å². The van der Waals surface area contributed by atoms with Crippen LogP contribution in [0.15, 0.2) is 24.8 Å². The lowest BCUT2D eigenvalue weighted by Gasteiger charge is -2.17.